The lowest BCUT2D eigenvalue weighted by Gasteiger charge is -2.12. The van der Waals surface area contributed by atoms with Crippen LogP contribution in [0.1, 0.15) is 10.4 Å². The monoisotopic (exact) mass is 402 g/mol. The summed E-state index contributed by atoms with van der Waals surface area (Å²) >= 11 is 6.09. The molecule has 0 atom stereocenters. The van der Waals surface area contributed by atoms with Gasteiger partial charge in [0.1, 0.15) is 5.69 Å². The Kier molecular flexibility index (Phi) is 5.14. The molecule has 0 unspecified atom stereocenters. The van der Waals surface area contributed by atoms with Crippen LogP contribution in [0.15, 0.2) is 72.8 Å². The van der Waals surface area contributed by atoms with Crippen molar-refractivity contribution in [3.8, 4) is 11.3 Å². The first kappa shape index (κ1) is 18.9. The van der Waals surface area contributed by atoms with E-state index in [9.17, 15) is 4.79 Å². The zero-order chi connectivity index (χ0) is 20.4. The van der Waals surface area contributed by atoms with Gasteiger partial charge in [0.25, 0.3) is 5.91 Å². The molecule has 0 bridgehead atoms. The molecule has 4 rings (SSSR count). The molecule has 3 aromatic carbocycles. The molecular weight excluding hydrogens is 384 g/mol. The van der Waals surface area contributed by atoms with Crippen molar-refractivity contribution in [1.82, 2.24) is 15.1 Å². The standard InChI is InChI=1S/C23H19ClN4O/c1-28(2)23(29)16-12-10-15(11-13-16)21-19-8-3-4-9-20(19)22(27-26-21)25-18-7-5-6-17(24)14-18/h3-14H,1-2H3,(H,25,27). The van der Waals surface area contributed by atoms with E-state index in [1.165, 1.54) is 0 Å². The van der Waals surface area contributed by atoms with Crippen LogP contribution in [0.3, 0.4) is 0 Å². The molecule has 144 valence electrons. The van der Waals surface area contributed by atoms with Crippen molar-refractivity contribution in [3.05, 3.63) is 83.4 Å². The highest BCUT2D eigenvalue weighted by Gasteiger charge is 2.13. The third-order valence-electron chi connectivity index (χ3n) is 4.59. The zero-order valence-electron chi connectivity index (χ0n) is 16.1. The van der Waals surface area contributed by atoms with Gasteiger partial charge in [0.15, 0.2) is 5.82 Å². The molecule has 0 saturated carbocycles. The van der Waals surface area contributed by atoms with Gasteiger partial charge in [-0.15, -0.1) is 10.2 Å². The summed E-state index contributed by atoms with van der Waals surface area (Å²) in [5.74, 6) is 0.625. The minimum Gasteiger partial charge on any atom is -0.345 e. The quantitative estimate of drug-likeness (QED) is 0.496. The van der Waals surface area contributed by atoms with Gasteiger partial charge in [-0.1, -0.05) is 54.1 Å². The lowest BCUT2D eigenvalue weighted by atomic mass is 10.0. The molecule has 6 heteroatoms. The van der Waals surface area contributed by atoms with Crippen molar-refractivity contribution in [2.75, 3.05) is 19.4 Å². The summed E-state index contributed by atoms with van der Waals surface area (Å²) in [4.78, 5) is 13.7. The number of nitrogens with one attached hydrogen (secondary N) is 1. The topological polar surface area (TPSA) is 58.1 Å². The van der Waals surface area contributed by atoms with Crippen LogP contribution in [0.2, 0.25) is 5.02 Å². The van der Waals surface area contributed by atoms with Crippen LogP contribution < -0.4 is 5.32 Å². The molecule has 5 nitrogen and oxygen atoms in total. The maximum absolute atomic E-state index is 12.1. The van der Waals surface area contributed by atoms with Gasteiger partial charge in [-0.25, -0.2) is 0 Å². The minimum atomic E-state index is -0.0337. The van der Waals surface area contributed by atoms with Gasteiger partial charge < -0.3 is 10.2 Å². The smallest absolute Gasteiger partial charge is 0.253 e. The predicted octanol–water partition coefficient (Wildman–Crippen LogP) is 5.40. The Morgan fingerprint density at radius 2 is 1.62 bits per heavy atom. The van der Waals surface area contributed by atoms with E-state index in [0.29, 0.717) is 16.4 Å². The summed E-state index contributed by atoms with van der Waals surface area (Å²) in [6, 6.07) is 22.9. The van der Waals surface area contributed by atoms with E-state index in [4.69, 9.17) is 11.6 Å². The number of hydrogen-bond donors (Lipinski definition) is 1. The summed E-state index contributed by atoms with van der Waals surface area (Å²) in [5, 5.41) is 14.7. The largest absolute Gasteiger partial charge is 0.345 e. The fraction of sp³-hybridized carbons (Fsp3) is 0.0870. The van der Waals surface area contributed by atoms with Gasteiger partial charge in [0, 0.05) is 46.7 Å². The Balaban J connectivity index is 1.74. The average Bonchev–Trinajstić information content (AvgIpc) is 2.74. The average molecular weight is 403 g/mol. The zero-order valence-corrected chi connectivity index (χ0v) is 16.8. The lowest BCUT2D eigenvalue weighted by molar-refractivity contribution is 0.0827. The number of rotatable bonds is 4. The van der Waals surface area contributed by atoms with Gasteiger partial charge >= 0.3 is 0 Å². The van der Waals surface area contributed by atoms with Crippen LogP contribution in [0, 0.1) is 0 Å². The van der Waals surface area contributed by atoms with Gasteiger partial charge in [0.2, 0.25) is 0 Å². The fourth-order valence-corrected chi connectivity index (χ4v) is 3.33. The molecule has 0 fully saturated rings. The van der Waals surface area contributed by atoms with Crippen molar-refractivity contribution in [1.29, 1.82) is 0 Å². The van der Waals surface area contributed by atoms with Crippen LogP contribution in [0.25, 0.3) is 22.0 Å². The van der Waals surface area contributed by atoms with Crippen LogP contribution in [0.4, 0.5) is 11.5 Å². The fourth-order valence-electron chi connectivity index (χ4n) is 3.14. The third-order valence-corrected chi connectivity index (χ3v) is 4.82. The van der Waals surface area contributed by atoms with Gasteiger partial charge in [-0.05, 0) is 30.3 Å². The van der Waals surface area contributed by atoms with Crippen LogP contribution in [-0.2, 0) is 0 Å². The molecule has 4 aromatic rings. The highest BCUT2D eigenvalue weighted by molar-refractivity contribution is 6.30. The lowest BCUT2D eigenvalue weighted by Crippen LogP contribution is -2.21. The SMILES string of the molecule is CN(C)C(=O)c1ccc(-c2nnc(Nc3cccc(Cl)c3)c3ccccc23)cc1. The Bertz CT molecular complexity index is 1190. The van der Waals surface area contributed by atoms with E-state index in [0.717, 1.165) is 27.7 Å². The number of aromatic nitrogens is 2. The van der Waals surface area contributed by atoms with Gasteiger partial charge in [-0.2, -0.15) is 0 Å². The van der Waals surface area contributed by atoms with Crippen molar-refractivity contribution < 1.29 is 4.79 Å². The third kappa shape index (κ3) is 3.91. The highest BCUT2D eigenvalue weighted by atomic mass is 35.5. The van der Waals surface area contributed by atoms with E-state index in [1.807, 2.05) is 72.8 Å². The summed E-state index contributed by atoms with van der Waals surface area (Å²) in [5.41, 5.74) is 3.14. The van der Waals surface area contributed by atoms with E-state index in [2.05, 4.69) is 15.5 Å². The first-order chi connectivity index (χ1) is 14.0. The van der Waals surface area contributed by atoms with Crippen molar-refractivity contribution in [2.45, 2.75) is 0 Å². The first-order valence-electron chi connectivity index (χ1n) is 9.13. The maximum Gasteiger partial charge on any atom is 0.253 e. The van der Waals surface area contributed by atoms with E-state index in [-0.39, 0.29) is 5.91 Å². The molecule has 0 aliphatic heterocycles. The first-order valence-corrected chi connectivity index (χ1v) is 9.51. The molecule has 1 amide bonds. The molecule has 0 aliphatic rings. The minimum absolute atomic E-state index is 0.0337. The molecule has 0 aliphatic carbocycles. The second kappa shape index (κ2) is 7.89. The van der Waals surface area contributed by atoms with Crippen molar-refractivity contribution in [3.63, 3.8) is 0 Å². The molecule has 1 heterocycles. The number of nitrogens with zero attached hydrogens (tertiary/aromatic N) is 3. The Labute approximate surface area is 174 Å². The Morgan fingerprint density at radius 3 is 2.31 bits per heavy atom. The molecule has 0 spiro atoms. The van der Waals surface area contributed by atoms with E-state index in [1.54, 1.807) is 19.0 Å². The van der Waals surface area contributed by atoms with Crippen molar-refractivity contribution in [2.24, 2.45) is 0 Å². The Hall–Kier alpha value is -3.44. The van der Waals surface area contributed by atoms with Crippen LogP contribution in [-0.4, -0.2) is 35.1 Å². The van der Waals surface area contributed by atoms with E-state index >= 15 is 0 Å². The maximum atomic E-state index is 12.1. The number of anilines is 2. The second-order valence-electron chi connectivity index (χ2n) is 6.86. The molecular formula is C23H19ClN4O. The second-order valence-corrected chi connectivity index (χ2v) is 7.29. The summed E-state index contributed by atoms with van der Waals surface area (Å²) in [6.07, 6.45) is 0. The predicted molar refractivity (Wildman–Crippen MR) is 118 cm³/mol. The van der Waals surface area contributed by atoms with Crippen LogP contribution in [0.5, 0.6) is 0 Å². The number of fused-ring (bicyclic) bond motifs is 1. The molecule has 0 radical (unpaired) electrons. The van der Waals surface area contributed by atoms with Crippen molar-refractivity contribution >= 4 is 39.8 Å². The molecule has 1 aromatic heterocycles. The number of hydrogen-bond acceptors (Lipinski definition) is 4. The van der Waals surface area contributed by atoms with Crippen LogP contribution >= 0.6 is 11.6 Å². The van der Waals surface area contributed by atoms with E-state index < -0.39 is 0 Å². The van der Waals surface area contributed by atoms with Gasteiger partial charge in [0.05, 0.1) is 0 Å². The summed E-state index contributed by atoms with van der Waals surface area (Å²) < 4.78 is 0. The normalized spacial score (nSPS) is 10.7. The number of halogens is 1. The summed E-state index contributed by atoms with van der Waals surface area (Å²) in [7, 11) is 3.47. The molecule has 1 N–H and O–H groups in total. The number of amides is 1. The number of carbonyl (C=O) groups is 1. The summed E-state index contributed by atoms with van der Waals surface area (Å²) in [6.45, 7) is 0. The Morgan fingerprint density at radius 1 is 0.897 bits per heavy atom. The number of benzene rings is 3. The molecule has 0 saturated heterocycles. The highest BCUT2D eigenvalue weighted by Crippen LogP contribution is 2.31. The van der Waals surface area contributed by atoms with Gasteiger partial charge in [-0.3, -0.25) is 4.79 Å². The molecule has 29 heavy (non-hydrogen) atoms. The number of carbonyl (C=O) groups excluding carboxylic acids is 1.